The lowest BCUT2D eigenvalue weighted by molar-refractivity contribution is -0.394. The number of alkyl carbamates (subject to hydrolysis) is 1. The van der Waals surface area contributed by atoms with Gasteiger partial charge in [0.2, 0.25) is 0 Å². The molecule has 0 aromatic heterocycles. The molecule has 1 aromatic carbocycles. The van der Waals surface area contributed by atoms with Crippen molar-refractivity contribution in [3.63, 3.8) is 0 Å². The van der Waals surface area contributed by atoms with Crippen molar-refractivity contribution in [1.82, 2.24) is 10.6 Å². The predicted molar refractivity (Wildman–Crippen MR) is 126 cm³/mol. The van der Waals surface area contributed by atoms with Crippen LogP contribution in [0.4, 0.5) is 16.2 Å². The Hall–Kier alpha value is -3.14. The van der Waals surface area contributed by atoms with Crippen molar-refractivity contribution in [2.45, 2.75) is 46.2 Å². The molecule has 0 spiro atoms. The fourth-order valence-electron chi connectivity index (χ4n) is 3.03. The number of nitro benzene ring substituents is 2. The van der Waals surface area contributed by atoms with Gasteiger partial charge in [0.1, 0.15) is 6.61 Å². The van der Waals surface area contributed by atoms with Crippen LogP contribution in [-0.2, 0) is 18.0 Å². The fourth-order valence-corrected chi connectivity index (χ4v) is 5.65. The summed E-state index contributed by atoms with van der Waals surface area (Å²) >= 11 is 0. The van der Waals surface area contributed by atoms with Crippen molar-refractivity contribution in [2.24, 2.45) is 0 Å². The molecule has 0 radical (unpaired) electrons. The van der Waals surface area contributed by atoms with Crippen molar-refractivity contribution >= 4 is 32.2 Å². The Morgan fingerprint density at radius 3 is 1.94 bits per heavy atom. The first-order valence-corrected chi connectivity index (χ1v) is 13.1. The van der Waals surface area contributed by atoms with Crippen molar-refractivity contribution < 1.29 is 37.5 Å². The molecule has 0 heterocycles. The van der Waals surface area contributed by atoms with Crippen molar-refractivity contribution in [1.29, 1.82) is 0 Å². The molecular weight excluding hydrogens is 484 g/mol. The van der Waals surface area contributed by atoms with Gasteiger partial charge in [-0.3, -0.25) is 25.0 Å². The van der Waals surface area contributed by atoms with E-state index in [2.05, 4.69) is 10.6 Å². The van der Waals surface area contributed by atoms with Crippen LogP contribution in [0.1, 0.15) is 44.5 Å². The van der Waals surface area contributed by atoms with Gasteiger partial charge in [-0.15, -0.1) is 0 Å². The van der Waals surface area contributed by atoms with Gasteiger partial charge < -0.3 is 28.6 Å². The minimum atomic E-state index is -2.80. The second kappa shape index (κ2) is 15.0. The van der Waals surface area contributed by atoms with Crippen LogP contribution < -0.4 is 10.6 Å². The first-order valence-electron chi connectivity index (χ1n) is 11.1. The van der Waals surface area contributed by atoms with E-state index < -0.39 is 48.1 Å². The molecule has 2 amide bonds. The number of hydrogen-bond donors (Lipinski definition) is 2. The predicted octanol–water partition coefficient (Wildman–Crippen LogP) is 2.79. The number of nitro groups is 2. The zero-order valence-corrected chi connectivity index (χ0v) is 21.2. The SMILES string of the molecule is CCO[Si](CCCNC(=O)OC[C@H](C)NC(=O)c1cc([N+](=O)[O-])cc([N+](=O)[O-])c1)(OCC)OCC. The summed E-state index contributed by atoms with van der Waals surface area (Å²) in [5.41, 5.74) is -1.43. The molecule has 0 unspecified atom stereocenters. The molecule has 1 atom stereocenters. The minimum absolute atomic E-state index is 0.190. The Kier molecular flexibility index (Phi) is 12.8. The van der Waals surface area contributed by atoms with Gasteiger partial charge in [-0.2, -0.15) is 0 Å². The van der Waals surface area contributed by atoms with Crippen LogP contribution in [0.25, 0.3) is 0 Å². The Labute approximate surface area is 203 Å². The lowest BCUT2D eigenvalue weighted by atomic mass is 10.1. The molecule has 0 aliphatic rings. The van der Waals surface area contributed by atoms with E-state index in [1.54, 1.807) is 6.92 Å². The summed E-state index contributed by atoms with van der Waals surface area (Å²) < 4.78 is 22.3. The summed E-state index contributed by atoms with van der Waals surface area (Å²) in [7, 11) is -2.80. The molecule has 0 fully saturated rings. The quantitative estimate of drug-likeness (QED) is 0.143. The topological polar surface area (TPSA) is 181 Å². The smallest absolute Gasteiger partial charge is 0.447 e. The van der Waals surface area contributed by atoms with Crippen LogP contribution in [0.2, 0.25) is 6.04 Å². The van der Waals surface area contributed by atoms with E-state index in [1.807, 2.05) is 20.8 Å². The van der Waals surface area contributed by atoms with Crippen molar-refractivity contribution in [2.75, 3.05) is 33.0 Å². The van der Waals surface area contributed by atoms with E-state index >= 15 is 0 Å². The van der Waals surface area contributed by atoms with Gasteiger partial charge in [-0.25, -0.2) is 4.79 Å². The highest BCUT2D eigenvalue weighted by Crippen LogP contribution is 2.22. The molecule has 1 aromatic rings. The van der Waals surface area contributed by atoms with Crippen LogP contribution in [0.15, 0.2) is 18.2 Å². The molecule has 0 aliphatic heterocycles. The molecule has 0 saturated carbocycles. The van der Waals surface area contributed by atoms with Gasteiger partial charge in [-0.1, -0.05) is 0 Å². The van der Waals surface area contributed by atoms with E-state index in [-0.39, 0.29) is 12.2 Å². The Bertz CT molecular complexity index is 836. The summed E-state index contributed by atoms with van der Waals surface area (Å²) in [6.07, 6.45) is -0.160. The van der Waals surface area contributed by atoms with E-state index in [0.29, 0.717) is 38.8 Å². The molecule has 15 heteroatoms. The number of carbonyl (C=O) groups excluding carboxylic acids is 2. The molecule has 0 saturated heterocycles. The molecule has 2 N–H and O–H groups in total. The van der Waals surface area contributed by atoms with Gasteiger partial charge in [0.15, 0.2) is 0 Å². The number of ether oxygens (including phenoxy) is 1. The maximum atomic E-state index is 12.4. The van der Waals surface area contributed by atoms with E-state index in [4.69, 9.17) is 18.0 Å². The lowest BCUT2D eigenvalue weighted by Crippen LogP contribution is -2.46. The third kappa shape index (κ3) is 10.3. The van der Waals surface area contributed by atoms with E-state index in [9.17, 15) is 29.8 Å². The number of rotatable bonds is 16. The van der Waals surface area contributed by atoms with Gasteiger partial charge >= 0.3 is 14.9 Å². The van der Waals surface area contributed by atoms with Gasteiger partial charge in [0.25, 0.3) is 17.3 Å². The van der Waals surface area contributed by atoms with Crippen LogP contribution in [0.3, 0.4) is 0 Å². The fraction of sp³-hybridized carbons (Fsp3) is 0.600. The zero-order valence-electron chi connectivity index (χ0n) is 20.2. The van der Waals surface area contributed by atoms with Gasteiger partial charge in [0, 0.05) is 44.5 Å². The molecule has 1 rings (SSSR count). The number of nitrogens with one attached hydrogen (secondary N) is 2. The second-order valence-electron chi connectivity index (χ2n) is 7.24. The second-order valence-corrected chi connectivity index (χ2v) is 9.97. The number of nitrogens with zero attached hydrogens (tertiary/aromatic N) is 2. The van der Waals surface area contributed by atoms with Crippen molar-refractivity contribution in [3.05, 3.63) is 44.0 Å². The number of amides is 2. The van der Waals surface area contributed by atoms with Gasteiger partial charge in [0.05, 0.1) is 27.5 Å². The van der Waals surface area contributed by atoms with Gasteiger partial charge in [-0.05, 0) is 34.1 Å². The summed E-state index contributed by atoms with van der Waals surface area (Å²) in [5.74, 6) is -0.780. The van der Waals surface area contributed by atoms with Crippen LogP contribution >= 0.6 is 0 Å². The van der Waals surface area contributed by atoms with Crippen LogP contribution in [0, 0.1) is 20.2 Å². The normalized spacial score (nSPS) is 12.0. The first kappa shape index (κ1) is 29.9. The Morgan fingerprint density at radius 2 is 1.49 bits per heavy atom. The van der Waals surface area contributed by atoms with E-state index in [1.165, 1.54) is 0 Å². The standard InChI is InChI=1S/C20H32N4O10Si/c1-5-32-35(33-6-2,34-7-3)10-8-9-21-20(26)31-14-15(4)22-19(25)16-11-17(23(27)28)13-18(12-16)24(29)30/h11-13,15H,5-10,14H2,1-4H3,(H,21,26)(H,22,25)/t15-/m0/s1. The molecule has 35 heavy (non-hydrogen) atoms. The minimum Gasteiger partial charge on any atom is -0.447 e. The summed E-state index contributed by atoms with van der Waals surface area (Å²) in [4.78, 5) is 44.6. The Morgan fingerprint density at radius 1 is 0.971 bits per heavy atom. The van der Waals surface area contributed by atoms with Crippen molar-refractivity contribution in [3.8, 4) is 0 Å². The molecular formula is C20H32N4O10Si. The first-order chi connectivity index (χ1) is 16.6. The molecule has 0 bridgehead atoms. The average Bonchev–Trinajstić information content (AvgIpc) is 2.80. The highest BCUT2D eigenvalue weighted by atomic mass is 28.4. The Balaban J connectivity index is 2.53. The monoisotopic (exact) mass is 516 g/mol. The molecule has 14 nitrogen and oxygen atoms in total. The van der Waals surface area contributed by atoms with Crippen LogP contribution in [0.5, 0.6) is 0 Å². The highest BCUT2D eigenvalue weighted by Gasteiger charge is 2.39. The summed E-state index contributed by atoms with van der Waals surface area (Å²) in [6.45, 7) is 8.58. The maximum absolute atomic E-state index is 12.4. The number of carbonyl (C=O) groups is 2. The number of non-ortho nitro benzene ring substituents is 2. The summed E-state index contributed by atoms with van der Waals surface area (Å²) in [6, 6.07) is 2.47. The summed E-state index contributed by atoms with van der Waals surface area (Å²) in [5, 5.41) is 27.0. The molecule has 0 aliphatic carbocycles. The largest absolute Gasteiger partial charge is 0.500 e. The van der Waals surface area contributed by atoms with E-state index in [0.717, 1.165) is 18.2 Å². The zero-order chi connectivity index (χ0) is 26.4. The van der Waals surface area contributed by atoms with Crippen LogP contribution in [-0.4, -0.2) is 69.7 Å². The maximum Gasteiger partial charge on any atom is 0.500 e. The average molecular weight is 517 g/mol. The highest BCUT2D eigenvalue weighted by molar-refractivity contribution is 6.60. The third-order valence-corrected chi connectivity index (χ3v) is 7.60. The lowest BCUT2D eigenvalue weighted by Gasteiger charge is -2.28. The third-order valence-electron chi connectivity index (χ3n) is 4.45. The number of benzene rings is 1. The number of hydrogen-bond acceptors (Lipinski definition) is 10. The molecule has 196 valence electrons.